The normalized spacial score (nSPS) is 17.2. The lowest BCUT2D eigenvalue weighted by atomic mass is 9.94. The summed E-state index contributed by atoms with van der Waals surface area (Å²) in [5, 5.41) is 19.6. The van der Waals surface area contributed by atoms with Gasteiger partial charge in [0.25, 0.3) is 5.56 Å². The van der Waals surface area contributed by atoms with E-state index in [1.165, 1.54) is 64.2 Å². The van der Waals surface area contributed by atoms with Gasteiger partial charge in [-0.15, -0.1) is 0 Å². The fraction of sp³-hybridized carbons (Fsp3) is 0.800. The Balaban J connectivity index is 1.48. The van der Waals surface area contributed by atoms with Crippen LogP contribution in [0.15, 0.2) is 9.79 Å². The number of aromatic amines is 1. The van der Waals surface area contributed by atoms with Crippen LogP contribution < -0.4 is 21.5 Å². The molecular weight excluding hydrogens is 492 g/mol. The van der Waals surface area contributed by atoms with Gasteiger partial charge in [-0.3, -0.25) is 20.1 Å². The summed E-state index contributed by atoms with van der Waals surface area (Å²) in [5.74, 6) is -0.0601. The predicted octanol–water partition coefficient (Wildman–Crippen LogP) is 6.52. The highest BCUT2D eigenvalue weighted by atomic mass is 16.3. The molecule has 9 heteroatoms. The van der Waals surface area contributed by atoms with Crippen LogP contribution in [-0.4, -0.2) is 45.6 Å². The average molecular weight is 545 g/mol. The summed E-state index contributed by atoms with van der Waals surface area (Å²) in [6.45, 7) is 2.80. The van der Waals surface area contributed by atoms with Gasteiger partial charge in [0.1, 0.15) is 11.4 Å². The number of anilines is 1. The molecular formula is C30H52N6O3. The number of hydrogen-bond acceptors (Lipinski definition) is 5. The Kier molecular flexibility index (Phi) is 14.2. The molecule has 1 aromatic heterocycles. The number of nitrogens with zero attached hydrogens (tertiary/aromatic N) is 2. The molecule has 2 saturated carbocycles. The maximum atomic E-state index is 13.1. The highest BCUT2D eigenvalue weighted by molar-refractivity contribution is 6.01. The average Bonchev–Trinajstić information content (AvgIpc) is 2.92. The molecule has 220 valence electrons. The Morgan fingerprint density at radius 1 is 0.897 bits per heavy atom. The van der Waals surface area contributed by atoms with Crippen molar-refractivity contribution in [1.29, 1.82) is 0 Å². The highest BCUT2D eigenvalue weighted by Gasteiger charge is 2.24. The van der Waals surface area contributed by atoms with Crippen LogP contribution >= 0.6 is 0 Å². The number of carbonyl (C=O) groups is 1. The quantitative estimate of drug-likeness (QED) is 0.0974. The van der Waals surface area contributed by atoms with Crippen molar-refractivity contribution in [3.05, 3.63) is 15.9 Å². The number of hydrogen-bond donors (Lipinski definition) is 5. The first-order valence-electron chi connectivity index (χ1n) is 15.8. The number of amidine groups is 1. The molecule has 0 spiro atoms. The SMILES string of the molecule is CCCCCCCCCCCCNC(=O)Nc1nc(O)c(C(=NC2CCCCC2)NC2CCCCC2)c(=O)[nH]1. The summed E-state index contributed by atoms with van der Waals surface area (Å²) < 4.78 is 0. The van der Waals surface area contributed by atoms with Crippen molar-refractivity contribution < 1.29 is 9.90 Å². The van der Waals surface area contributed by atoms with Gasteiger partial charge in [0.15, 0.2) is 0 Å². The Morgan fingerprint density at radius 3 is 2.10 bits per heavy atom. The van der Waals surface area contributed by atoms with Gasteiger partial charge in [-0.1, -0.05) is 103 Å². The lowest BCUT2D eigenvalue weighted by Crippen LogP contribution is -2.40. The first-order chi connectivity index (χ1) is 19.1. The Morgan fingerprint density at radius 2 is 1.49 bits per heavy atom. The van der Waals surface area contributed by atoms with E-state index in [9.17, 15) is 14.7 Å². The maximum Gasteiger partial charge on any atom is 0.321 e. The number of carbonyl (C=O) groups excluding carboxylic acids is 1. The van der Waals surface area contributed by atoms with Gasteiger partial charge in [-0.05, 0) is 32.1 Å². The topological polar surface area (TPSA) is 132 Å². The molecule has 0 atom stereocenters. The molecule has 0 unspecified atom stereocenters. The van der Waals surface area contributed by atoms with Crippen LogP contribution in [-0.2, 0) is 0 Å². The van der Waals surface area contributed by atoms with Crippen molar-refractivity contribution in [2.75, 3.05) is 11.9 Å². The number of unbranched alkanes of at least 4 members (excludes halogenated alkanes) is 9. The third-order valence-corrected chi connectivity index (χ3v) is 8.02. The number of urea groups is 1. The van der Waals surface area contributed by atoms with Crippen LogP contribution in [0.2, 0.25) is 0 Å². The first kappa shape index (κ1) is 31.0. The number of H-pyrrole nitrogens is 1. The van der Waals surface area contributed by atoms with E-state index in [1.807, 2.05) is 0 Å². The van der Waals surface area contributed by atoms with Crippen LogP contribution in [0, 0.1) is 0 Å². The Labute approximate surface area is 234 Å². The third-order valence-electron chi connectivity index (χ3n) is 8.02. The fourth-order valence-electron chi connectivity index (χ4n) is 5.71. The van der Waals surface area contributed by atoms with E-state index in [-0.39, 0.29) is 23.6 Å². The zero-order valence-electron chi connectivity index (χ0n) is 24.2. The van der Waals surface area contributed by atoms with E-state index in [0.29, 0.717) is 12.4 Å². The fourth-order valence-corrected chi connectivity index (χ4v) is 5.71. The van der Waals surface area contributed by atoms with Gasteiger partial charge in [-0.2, -0.15) is 4.98 Å². The van der Waals surface area contributed by atoms with Crippen molar-refractivity contribution >= 4 is 17.8 Å². The second-order valence-corrected chi connectivity index (χ2v) is 11.4. The summed E-state index contributed by atoms with van der Waals surface area (Å²) in [6, 6.07) is -0.0788. The summed E-state index contributed by atoms with van der Waals surface area (Å²) in [7, 11) is 0. The Hall–Kier alpha value is -2.58. The molecule has 0 aliphatic heterocycles. The van der Waals surface area contributed by atoms with Crippen molar-refractivity contribution in [3.8, 4) is 5.88 Å². The molecule has 2 fully saturated rings. The van der Waals surface area contributed by atoms with Crippen molar-refractivity contribution in [1.82, 2.24) is 20.6 Å². The van der Waals surface area contributed by atoms with Gasteiger partial charge in [0, 0.05) is 12.6 Å². The smallest absolute Gasteiger partial charge is 0.321 e. The number of amides is 2. The molecule has 2 amide bonds. The molecule has 9 nitrogen and oxygen atoms in total. The largest absolute Gasteiger partial charge is 0.493 e. The lowest BCUT2D eigenvalue weighted by molar-refractivity contribution is 0.251. The van der Waals surface area contributed by atoms with Gasteiger partial charge in [0.05, 0.1) is 6.04 Å². The third kappa shape index (κ3) is 11.6. The van der Waals surface area contributed by atoms with Crippen molar-refractivity contribution in [2.24, 2.45) is 4.99 Å². The molecule has 0 aromatic carbocycles. The van der Waals surface area contributed by atoms with Crippen LogP contribution in [0.3, 0.4) is 0 Å². The van der Waals surface area contributed by atoms with Gasteiger partial charge >= 0.3 is 6.03 Å². The summed E-state index contributed by atoms with van der Waals surface area (Å²) >= 11 is 0. The molecule has 2 aliphatic carbocycles. The molecule has 0 saturated heterocycles. The van der Waals surface area contributed by atoms with Crippen molar-refractivity contribution in [3.63, 3.8) is 0 Å². The van der Waals surface area contributed by atoms with E-state index in [0.717, 1.165) is 64.2 Å². The van der Waals surface area contributed by atoms with E-state index >= 15 is 0 Å². The Bertz CT molecular complexity index is 935. The second-order valence-electron chi connectivity index (χ2n) is 11.4. The molecule has 3 rings (SSSR count). The lowest BCUT2D eigenvalue weighted by Gasteiger charge is -2.26. The van der Waals surface area contributed by atoms with Crippen LogP contribution in [0.1, 0.15) is 141 Å². The number of rotatable bonds is 15. The van der Waals surface area contributed by atoms with E-state index < -0.39 is 17.5 Å². The van der Waals surface area contributed by atoms with E-state index in [1.54, 1.807) is 0 Å². The zero-order valence-corrected chi connectivity index (χ0v) is 24.2. The van der Waals surface area contributed by atoms with Crippen LogP contribution in [0.25, 0.3) is 0 Å². The standard InChI is InChI=1S/C30H52N6O3/c1-2-3-4-5-6-7-8-9-10-17-22-31-30(39)36-29-34-27(37)25(28(38)35-29)26(32-23-18-13-11-14-19-23)33-24-20-15-12-16-21-24/h23-24H,2-22H2,1H3,(H,32,33)(H4,31,34,35,36,37,38,39). The van der Waals surface area contributed by atoms with Crippen LogP contribution in [0.4, 0.5) is 10.7 Å². The minimum Gasteiger partial charge on any atom is -0.493 e. The number of aromatic nitrogens is 2. The second kappa shape index (κ2) is 17.9. The molecule has 39 heavy (non-hydrogen) atoms. The summed E-state index contributed by atoms with van der Waals surface area (Å²) in [6.07, 6.45) is 23.3. The van der Waals surface area contributed by atoms with Crippen LogP contribution in [0.5, 0.6) is 5.88 Å². The molecule has 2 aliphatic rings. The van der Waals surface area contributed by atoms with Crippen molar-refractivity contribution in [2.45, 2.75) is 147 Å². The number of aliphatic imine (C=N–C) groups is 1. The van der Waals surface area contributed by atoms with Gasteiger partial charge in [-0.25, -0.2) is 4.79 Å². The van der Waals surface area contributed by atoms with Gasteiger partial charge < -0.3 is 15.7 Å². The number of aromatic hydroxyl groups is 1. The molecule has 1 heterocycles. The summed E-state index contributed by atoms with van der Waals surface area (Å²) in [4.78, 5) is 37.0. The monoisotopic (exact) mass is 544 g/mol. The molecule has 5 N–H and O–H groups in total. The van der Waals surface area contributed by atoms with E-state index in [4.69, 9.17) is 4.99 Å². The maximum absolute atomic E-state index is 13.1. The predicted molar refractivity (Wildman–Crippen MR) is 159 cm³/mol. The summed E-state index contributed by atoms with van der Waals surface area (Å²) in [5.41, 5.74) is -0.451. The minimum atomic E-state index is -0.509. The minimum absolute atomic E-state index is 0.0578. The first-order valence-corrected chi connectivity index (χ1v) is 15.8. The van der Waals surface area contributed by atoms with Gasteiger partial charge in [0.2, 0.25) is 11.8 Å². The van der Waals surface area contributed by atoms with E-state index in [2.05, 4.69) is 32.8 Å². The zero-order chi connectivity index (χ0) is 27.7. The molecule has 0 radical (unpaired) electrons. The molecule has 1 aromatic rings. The molecule has 0 bridgehead atoms. The number of nitrogens with one attached hydrogen (secondary N) is 4. The highest BCUT2D eigenvalue weighted by Crippen LogP contribution is 2.23.